The molecule has 3 nitrogen and oxygen atoms in total. The fourth-order valence-corrected chi connectivity index (χ4v) is 2.63. The van der Waals surface area contributed by atoms with Crippen molar-refractivity contribution in [1.29, 1.82) is 0 Å². The van der Waals surface area contributed by atoms with Gasteiger partial charge in [-0.25, -0.2) is 4.98 Å². The smallest absolute Gasteiger partial charge is 0.123 e. The number of hydrogen-bond acceptors (Lipinski definition) is 3. The standard InChI is InChI=1S/C9H10BrN3S/c1-13-7(5-11)12-8(9(13)10)6-3-2-4-14-6/h2-4H,5,11H2,1H3. The Balaban J connectivity index is 2.55. The van der Waals surface area contributed by atoms with Crippen LogP contribution in [0.25, 0.3) is 10.6 Å². The molecule has 0 spiro atoms. The summed E-state index contributed by atoms with van der Waals surface area (Å²) in [7, 11) is 1.95. The molecule has 0 aliphatic rings. The largest absolute Gasteiger partial charge is 0.324 e. The molecule has 2 aromatic heterocycles. The van der Waals surface area contributed by atoms with E-state index in [1.165, 1.54) is 0 Å². The van der Waals surface area contributed by atoms with Crippen molar-refractivity contribution in [1.82, 2.24) is 9.55 Å². The minimum absolute atomic E-state index is 0.459. The van der Waals surface area contributed by atoms with E-state index < -0.39 is 0 Å². The summed E-state index contributed by atoms with van der Waals surface area (Å²) in [6.07, 6.45) is 0. The third kappa shape index (κ3) is 1.51. The molecule has 0 aliphatic carbocycles. The molecule has 2 rings (SSSR count). The molecule has 0 radical (unpaired) electrons. The number of nitrogens with two attached hydrogens (primary N) is 1. The highest BCUT2D eigenvalue weighted by molar-refractivity contribution is 9.10. The number of rotatable bonds is 2. The summed E-state index contributed by atoms with van der Waals surface area (Å²) in [4.78, 5) is 5.63. The zero-order valence-electron chi connectivity index (χ0n) is 7.70. The quantitative estimate of drug-likeness (QED) is 0.912. The Morgan fingerprint density at radius 3 is 2.93 bits per heavy atom. The average molecular weight is 272 g/mol. The van der Waals surface area contributed by atoms with Gasteiger partial charge in [-0.2, -0.15) is 0 Å². The Bertz CT molecular complexity index is 433. The van der Waals surface area contributed by atoms with Crippen LogP contribution < -0.4 is 5.73 Å². The lowest BCUT2D eigenvalue weighted by Gasteiger charge is -1.97. The fourth-order valence-electron chi connectivity index (χ4n) is 1.27. The summed E-state index contributed by atoms with van der Waals surface area (Å²) in [6.45, 7) is 0.459. The van der Waals surface area contributed by atoms with Gasteiger partial charge in [0.25, 0.3) is 0 Å². The zero-order chi connectivity index (χ0) is 10.1. The molecule has 0 fully saturated rings. The van der Waals surface area contributed by atoms with Crippen molar-refractivity contribution in [2.24, 2.45) is 12.8 Å². The predicted octanol–water partition coefficient (Wildman–Crippen LogP) is 2.37. The summed E-state index contributed by atoms with van der Waals surface area (Å²) in [5.41, 5.74) is 6.56. The Morgan fingerprint density at radius 1 is 1.64 bits per heavy atom. The molecule has 0 bridgehead atoms. The van der Waals surface area contributed by atoms with Crippen LogP contribution in [0.5, 0.6) is 0 Å². The topological polar surface area (TPSA) is 43.8 Å². The molecule has 14 heavy (non-hydrogen) atoms. The van der Waals surface area contributed by atoms with E-state index in [-0.39, 0.29) is 0 Å². The molecule has 0 aromatic carbocycles. The van der Waals surface area contributed by atoms with Gasteiger partial charge in [0.15, 0.2) is 0 Å². The Morgan fingerprint density at radius 2 is 2.43 bits per heavy atom. The second kappa shape index (κ2) is 3.84. The number of thiophene rings is 1. The SMILES string of the molecule is Cn1c(CN)nc(-c2cccs2)c1Br. The third-order valence-electron chi connectivity index (χ3n) is 2.06. The molecule has 0 amide bonds. The van der Waals surface area contributed by atoms with Crippen LogP contribution in [0.1, 0.15) is 5.82 Å². The van der Waals surface area contributed by atoms with Gasteiger partial charge in [-0.15, -0.1) is 11.3 Å². The van der Waals surface area contributed by atoms with Crippen LogP contribution in [0.2, 0.25) is 0 Å². The van der Waals surface area contributed by atoms with Gasteiger partial charge >= 0.3 is 0 Å². The molecular weight excluding hydrogens is 262 g/mol. The average Bonchev–Trinajstić information content (AvgIpc) is 2.78. The van der Waals surface area contributed by atoms with Gasteiger partial charge in [-0.1, -0.05) is 6.07 Å². The first-order valence-corrected chi connectivity index (χ1v) is 5.86. The molecule has 0 atom stereocenters. The van der Waals surface area contributed by atoms with E-state index in [1.807, 2.05) is 23.1 Å². The minimum Gasteiger partial charge on any atom is -0.324 e. The molecule has 0 saturated heterocycles. The molecule has 2 N–H and O–H groups in total. The van der Waals surface area contributed by atoms with E-state index in [1.54, 1.807) is 11.3 Å². The van der Waals surface area contributed by atoms with E-state index in [0.717, 1.165) is 21.0 Å². The second-order valence-corrected chi connectivity index (χ2v) is 4.61. The van der Waals surface area contributed by atoms with Gasteiger partial charge in [0, 0.05) is 7.05 Å². The monoisotopic (exact) mass is 271 g/mol. The van der Waals surface area contributed by atoms with Gasteiger partial charge < -0.3 is 10.3 Å². The molecule has 2 heterocycles. The molecule has 74 valence electrons. The number of hydrogen-bond donors (Lipinski definition) is 1. The maximum atomic E-state index is 5.59. The summed E-state index contributed by atoms with van der Waals surface area (Å²) in [6, 6.07) is 4.07. The van der Waals surface area contributed by atoms with Crippen LogP contribution in [-0.2, 0) is 13.6 Å². The van der Waals surface area contributed by atoms with Crippen molar-refractivity contribution in [3.63, 3.8) is 0 Å². The molecule has 2 aromatic rings. The molecule has 0 unspecified atom stereocenters. The lowest BCUT2D eigenvalue weighted by atomic mass is 10.4. The zero-order valence-corrected chi connectivity index (χ0v) is 10.1. The van der Waals surface area contributed by atoms with Crippen LogP contribution in [0.15, 0.2) is 22.1 Å². The summed E-state index contributed by atoms with van der Waals surface area (Å²) >= 11 is 5.19. The van der Waals surface area contributed by atoms with Crippen molar-refractivity contribution in [2.75, 3.05) is 0 Å². The highest BCUT2D eigenvalue weighted by Crippen LogP contribution is 2.30. The number of imidazole rings is 1. The van der Waals surface area contributed by atoms with Crippen molar-refractivity contribution >= 4 is 27.3 Å². The third-order valence-corrected chi connectivity index (χ3v) is 3.84. The van der Waals surface area contributed by atoms with Crippen molar-refractivity contribution in [3.8, 4) is 10.6 Å². The van der Waals surface area contributed by atoms with Crippen LogP contribution in [-0.4, -0.2) is 9.55 Å². The Hall–Kier alpha value is -0.650. The van der Waals surface area contributed by atoms with Crippen molar-refractivity contribution in [3.05, 3.63) is 27.9 Å². The summed E-state index contributed by atoms with van der Waals surface area (Å²) in [5, 5.41) is 2.04. The lowest BCUT2D eigenvalue weighted by Crippen LogP contribution is -2.04. The van der Waals surface area contributed by atoms with Gasteiger partial charge in [0.05, 0.1) is 11.4 Å². The lowest BCUT2D eigenvalue weighted by molar-refractivity contribution is 0.781. The van der Waals surface area contributed by atoms with Crippen LogP contribution >= 0.6 is 27.3 Å². The first-order valence-electron chi connectivity index (χ1n) is 4.19. The molecule has 5 heteroatoms. The first-order chi connectivity index (χ1) is 6.74. The van der Waals surface area contributed by atoms with Gasteiger partial charge in [-0.3, -0.25) is 0 Å². The van der Waals surface area contributed by atoms with Gasteiger partial charge in [0.1, 0.15) is 16.1 Å². The van der Waals surface area contributed by atoms with E-state index in [4.69, 9.17) is 5.73 Å². The van der Waals surface area contributed by atoms with Gasteiger partial charge in [-0.05, 0) is 27.4 Å². The highest BCUT2D eigenvalue weighted by atomic mass is 79.9. The van der Waals surface area contributed by atoms with Crippen LogP contribution in [0.3, 0.4) is 0 Å². The molecule has 0 saturated carbocycles. The fraction of sp³-hybridized carbons (Fsp3) is 0.222. The number of halogens is 1. The number of nitrogens with zero attached hydrogens (tertiary/aromatic N) is 2. The Kier molecular flexibility index (Phi) is 2.71. The first kappa shape index (κ1) is 9.89. The van der Waals surface area contributed by atoms with Crippen LogP contribution in [0.4, 0.5) is 0 Å². The number of aromatic nitrogens is 2. The van der Waals surface area contributed by atoms with Crippen molar-refractivity contribution < 1.29 is 0 Å². The maximum absolute atomic E-state index is 5.59. The van der Waals surface area contributed by atoms with E-state index >= 15 is 0 Å². The van der Waals surface area contributed by atoms with E-state index in [0.29, 0.717) is 6.54 Å². The van der Waals surface area contributed by atoms with Gasteiger partial charge in [0.2, 0.25) is 0 Å². The van der Waals surface area contributed by atoms with Crippen LogP contribution in [0, 0.1) is 0 Å². The highest BCUT2D eigenvalue weighted by Gasteiger charge is 2.13. The summed E-state index contributed by atoms with van der Waals surface area (Å²) in [5.74, 6) is 0.889. The predicted molar refractivity (Wildman–Crippen MR) is 62.1 cm³/mol. The Labute approximate surface area is 94.7 Å². The minimum atomic E-state index is 0.459. The van der Waals surface area contributed by atoms with E-state index in [2.05, 4.69) is 27.0 Å². The second-order valence-electron chi connectivity index (χ2n) is 2.91. The normalized spacial score (nSPS) is 10.8. The summed E-state index contributed by atoms with van der Waals surface area (Å²) < 4.78 is 2.95. The molecular formula is C9H10BrN3S. The maximum Gasteiger partial charge on any atom is 0.123 e. The molecule has 0 aliphatic heterocycles. The van der Waals surface area contributed by atoms with E-state index in [9.17, 15) is 0 Å². The van der Waals surface area contributed by atoms with Crippen molar-refractivity contribution in [2.45, 2.75) is 6.54 Å².